The quantitative estimate of drug-likeness (QED) is 0.357. The summed E-state index contributed by atoms with van der Waals surface area (Å²) < 4.78 is 2.49. The van der Waals surface area contributed by atoms with E-state index < -0.39 is 0 Å². The van der Waals surface area contributed by atoms with Crippen LogP contribution in [0.25, 0.3) is 21.8 Å². The smallest absolute Gasteiger partial charge is 0.213 e. The van der Waals surface area contributed by atoms with Crippen molar-refractivity contribution in [3.8, 4) is 0 Å². The van der Waals surface area contributed by atoms with Gasteiger partial charge in [0.1, 0.15) is 0 Å². The number of aromatic nitrogens is 2. The highest BCUT2D eigenvalue weighted by molar-refractivity contribution is 5.85. The van der Waals surface area contributed by atoms with Crippen molar-refractivity contribution < 1.29 is 4.57 Å². The fraction of sp³-hybridized carbons (Fsp3) is 0.357. The van der Waals surface area contributed by atoms with Crippen LogP contribution >= 0.6 is 0 Å². The van der Waals surface area contributed by atoms with E-state index in [0.717, 1.165) is 12.1 Å². The zero-order chi connectivity index (χ0) is 21.7. The molecule has 2 heterocycles. The van der Waals surface area contributed by atoms with Gasteiger partial charge in [0.2, 0.25) is 5.52 Å². The molecule has 2 nitrogen and oxygen atoms in total. The summed E-state index contributed by atoms with van der Waals surface area (Å²) in [6, 6.07) is 19.9. The highest BCUT2D eigenvalue weighted by atomic mass is 15.0. The van der Waals surface area contributed by atoms with Gasteiger partial charge in [0.15, 0.2) is 12.2 Å². The van der Waals surface area contributed by atoms with Crippen molar-refractivity contribution in [2.75, 3.05) is 0 Å². The Morgan fingerprint density at radius 3 is 2.23 bits per heavy atom. The normalized spacial score (nSPS) is 12.6. The molecule has 0 N–H and O–H groups in total. The molecule has 154 valence electrons. The lowest BCUT2D eigenvalue weighted by atomic mass is 9.81. The highest BCUT2D eigenvalue weighted by Crippen LogP contribution is 2.33. The van der Waals surface area contributed by atoms with E-state index in [4.69, 9.17) is 0 Å². The molecule has 30 heavy (non-hydrogen) atoms. The lowest BCUT2D eigenvalue weighted by Gasteiger charge is -2.26. The van der Waals surface area contributed by atoms with Crippen LogP contribution in [-0.2, 0) is 17.4 Å². The minimum absolute atomic E-state index is 0.0452. The van der Waals surface area contributed by atoms with Crippen LogP contribution in [0.1, 0.15) is 57.0 Å². The number of benzene rings is 2. The van der Waals surface area contributed by atoms with E-state index in [0.29, 0.717) is 0 Å². The van der Waals surface area contributed by atoms with Gasteiger partial charge < -0.3 is 0 Å². The van der Waals surface area contributed by atoms with Crippen LogP contribution in [0.3, 0.4) is 0 Å². The third kappa shape index (κ3) is 3.49. The van der Waals surface area contributed by atoms with Gasteiger partial charge in [-0.15, -0.1) is 0 Å². The number of hydrogen-bond acceptors (Lipinski definition) is 1. The van der Waals surface area contributed by atoms with Gasteiger partial charge in [-0.3, -0.25) is 4.98 Å². The number of rotatable bonds is 3. The maximum Gasteiger partial charge on any atom is 0.213 e. The Morgan fingerprint density at radius 1 is 0.800 bits per heavy atom. The number of pyridine rings is 2. The van der Waals surface area contributed by atoms with Gasteiger partial charge in [0.25, 0.3) is 0 Å². The molecule has 2 heteroatoms. The molecule has 0 aliphatic heterocycles. The number of fused-ring (bicyclic) bond motifs is 2. The summed E-state index contributed by atoms with van der Waals surface area (Å²) in [5.41, 5.74) is 7.79. The van der Waals surface area contributed by atoms with Crippen LogP contribution in [0.4, 0.5) is 0 Å². The minimum Gasteiger partial charge on any atom is -0.256 e. The molecule has 0 saturated heterocycles. The summed E-state index contributed by atoms with van der Waals surface area (Å²) in [5, 5.41) is 2.61. The zero-order valence-electron chi connectivity index (χ0n) is 19.4. The molecule has 0 aliphatic rings. The predicted octanol–water partition coefficient (Wildman–Crippen LogP) is 6.57. The molecule has 0 radical (unpaired) electrons. The highest BCUT2D eigenvalue weighted by Gasteiger charge is 2.31. The molecule has 4 aromatic rings. The molecule has 0 spiro atoms. The Bertz CT molecular complexity index is 1240. The molecule has 0 bridgehead atoms. The van der Waals surface area contributed by atoms with Crippen molar-refractivity contribution >= 4 is 21.8 Å². The fourth-order valence-corrected chi connectivity index (χ4v) is 4.72. The van der Waals surface area contributed by atoms with E-state index in [1.165, 1.54) is 38.7 Å². The lowest BCUT2D eigenvalue weighted by Crippen LogP contribution is -2.46. The number of para-hydroxylation sites is 2. The summed E-state index contributed by atoms with van der Waals surface area (Å²) in [7, 11) is 0. The SMILES string of the molecule is Cc1cccc2c(C(C)(C)C[n+]3c(C)cc(C(C)(C)C)c4ccccc43)ccnc12. The number of aryl methyl sites for hydroxylation is 2. The van der Waals surface area contributed by atoms with Crippen LogP contribution in [0.15, 0.2) is 60.8 Å². The van der Waals surface area contributed by atoms with Crippen LogP contribution in [-0.4, -0.2) is 4.98 Å². The topological polar surface area (TPSA) is 16.8 Å². The summed E-state index contributed by atoms with van der Waals surface area (Å²) in [6.45, 7) is 16.9. The van der Waals surface area contributed by atoms with Gasteiger partial charge in [-0.2, -0.15) is 4.57 Å². The van der Waals surface area contributed by atoms with Crippen molar-refractivity contribution in [2.45, 2.75) is 65.8 Å². The third-order valence-corrected chi connectivity index (χ3v) is 6.33. The molecule has 0 saturated carbocycles. The molecule has 0 unspecified atom stereocenters. The standard InChI is InChI=1S/C28H33N2/c1-19-11-10-13-22-23(15-16-29-26(19)22)28(6,7)18-30-20(2)17-24(27(3,4)5)21-12-8-9-14-25(21)30/h8-17H,18H2,1-7H3/q+1. The molecule has 2 aromatic carbocycles. The molecular formula is C28H33N2+. The summed E-state index contributed by atoms with van der Waals surface area (Å²) >= 11 is 0. The lowest BCUT2D eigenvalue weighted by molar-refractivity contribution is -0.685. The van der Waals surface area contributed by atoms with E-state index in [9.17, 15) is 0 Å². The van der Waals surface area contributed by atoms with E-state index >= 15 is 0 Å². The van der Waals surface area contributed by atoms with Gasteiger partial charge in [-0.25, -0.2) is 0 Å². The average Bonchev–Trinajstić information content (AvgIpc) is 2.69. The monoisotopic (exact) mass is 397 g/mol. The fourth-order valence-electron chi connectivity index (χ4n) is 4.72. The number of hydrogen-bond donors (Lipinski definition) is 0. The van der Waals surface area contributed by atoms with E-state index in [1.54, 1.807) is 0 Å². The maximum atomic E-state index is 4.66. The Hall–Kier alpha value is -2.74. The van der Waals surface area contributed by atoms with Crippen LogP contribution in [0.5, 0.6) is 0 Å². The average molecular weight is 398 g/mol. The minimum atomic E-state index is -0.0452. The molecule has 0 atom stereocenters. The molecule has 2 aromatic heterocycles. The maximum absolute atomic E-state index is 4.66. The first kappa shape index (κ1) is 20.5. The van der Waals surface area contributed by atoms with E-state index in [-0.39, 0.29) is 10.8 Å². The van der Waals surface area contributed by atoms with Gasteiger partial charge in [0, 0.05) is 36.1 Å². The van der Waals surface area contributed by atoms with Crippen molar-refractivity contribution in [1.29, 1.82) is 0 Å². The van der Waals surface area contributed by atoms with E-state index in [2.05, 4.69) is 113 Å². The van der Waals surface area contributed by atoms with Crippen LogP contribution < -0.4 is 4.57 Å². The largest absolute Gasteiger partial charge is 0.256 e. The van der Waals surface area contributed by atoms with Crippen molar-refractivity contribution in [3.05, 3.63) is 83.2 Å². The van der Waals surface area contributed by atoms with Crippen molar-refractivity contribution in [2.24, 2.45) is 0 Å². The second-order valence-electron chi connectivity index (χ2n) is 10.3. The summed E-state index contributed by atoms with van der Waals surface area (Å²) in [4.78, 5) is 4.66. The molecule has 0 aliphatic carbocycles. The van der Waals surface area contributed by atoms with Crippen molar-refractivity contribution in [3.63, 3.8) is 0 Å². The Labute approximate surface area is 180 Å². The van der Waals surface area contributed by atoms with E-state index in [1.807, 2.05) is 6.20 Å². The molecule has 0 fully saturated rings. The summed E-state index contributed by atoms with van der Waals surface area (Å²) in [5.74, 6) is 0. The van der Waals surface area contributed by atoms with Crippen LogP contribution in [0.2, 0.25) is 0 Å². The first-order valence-electron chi connectivity index (χ1n) is 10.9. The van der Waals surface area contributed by atoms with Gasteiger partial charge in [0.05, 0.1) is 10.9 Å². The second kappa shape index (κ2) is 7.19. The van der Waals surface area contributed by atoms with Gasteiger partial charge >= 0.3 is 0 Å². The Balaban J connectivity index is 1.90. The Kier molecular flexibility index (Phi) is 4.92. The van der Waals surface area contributed by atoms with Gasteiger partial charge in [-0.05, 0) is 55.0 Å². The van der Waals surface area contributed by atoms with Crippen molar-refractivity contribution in [1.82, 2.24) is 4.98 Å². The summed E-state index contributed by atoms with van der Waals surface area (Å²) in [6.07, 6.45) is 1.96. The molecule has 4 rings (SSSR count). The van der Waals surface area contributed by atoms with Crippen LogP contribution in [0, 0.1) is 13.8 Å². The first-order chi connectivity index (χ1) is 14.1. The predicted molar refractivity (Wildman–Crippen MR) is 127 cm³/mol. The molecule has 0 amide bonds. The van der Waals surface area contributed by atoms with Gasteiger partial charge in [-0.1, -0.05) is 51.1 Å². The number of nitrogens with zero attached hydrogens (tertiary/aromatic N) is 2. The Morgan fingerprint density at radius 2 is 1.50 bits per heavy atom. The second-order valence-corrected chi connectivity index (χ2v) is 10.3. The molecular weight excluding hydrogens is 364 g/mol. The third-order valence-electron chi connectivity index (χ3n) is 6.33. The first-order valence-corrected chi connectivity index (χ1v) is 10.9. The zero-order valence-corrected chi connectivity index (χ0v) is 19.4.